The van der Waals surface area contributed by atoms with Crippen molar-refractivity contribution >= 4 is 40.1 Å². The first-order valence-electron chi connectivity index (χ1n) is 11.1. The molecule has 0 bridgehead atoms. The normalized spacial score (nSPS) is 17.1. The third-order valence-corrected chi connectivity index (χ3v) is 7.44. The fraction of sp³-hybridized carbons (Fsp3) is 0.192. The summed E-state index contributed by atoms with van der Waals surface area (Å²) in [5.41, 5.74) is 2.80. The number of amidine groups is 1. The molecular formula is C26H23N3O4S2. The van der Waals surface area contributed by atoms with Gasteiger partial charge in [-0.3, -0.25) is 4.79 Å². The van der Waals surface area contributed by atoms with E-state index in [2.05, 4.69) is 5.32 Å². The Bertz CT molecular complexity index is 1300. The molecule has 2 aliphatic rings. The van der Waals surface area contributed by atoms with Gasteiger partial charge in [0.15, 0.2) is 5.17 Å². The van der Waals surface area contributed by atoms with Gasteiger partial charge in [-0.2, -0.15) is 0 Å². The number of benzene rings is 1. The Morgan fingerprint density at radius 3 is 2.74 bits per heavy atom. The zero-order chi connectivity index (χ0) is 24.2. The minimum atomic E-state index is -0.412. The number of ether oxygens (including phenoxy) is 1. The lowest BCUT2D eigenvalue weighted by Crippen LogP contribution is -2.37. The van der Waals surface area contributed by atoms with Crippen LogP contribution in [0.2, 0.25) is 0 Å². The molecule has 9 heteroatoms. The van der Waals surface area contributed by atoms with E-state index >= 15 is 0 Å². The van der Waals surface area contributed by atoms with Crippen LogP contribution in [0.25, 0.3) is 0 Å². The number of nitrogens with zero attached hydrogens (tertiary/aromatic N) is 2. The maximum absolute atomic E-state index is 13.4. The van der Waals surface area contributed by atoms with E-state index < -0.39 is 12.0 Å². The lowest BCUT2D eigenvalue weighted by atomic mass is 9.99. The summed E-state index contributed by atoms with van der Waals surface area (Å²) in [6.45, 7) is 2.33. The van der Waals surface area contributed by atoms with E-state index in [1.165, 1.54) is 11.8 Å². The smallest absolute Gasteiger partial charge is 0.338 e. The van der Waals surface area contributed by atoms with Crippen molar-refractivity contribution in [2.24, 2.45) is 4.99 Å². The van der Waals surface area contributed by atoms with Gasteiger partial charge in [0, 0.05) is 10.6 Å². The van der Waals surface area contributed by atoms with Gasteiger partial charge in [-0.05, 0) is 41.5 Å². The van der Waals surface area contributed by atoms with Crippen molar-refractivity contribution in [2.45, 2.75) is 32.5 Å². The minimum Gasteiger partial charge on any atom is -0.467 e. The number of carbonyl (C=O) groups is 2. The lowest BCUT2D eigenvalue weighted by Gasteiger charge is -2.35. The Hall–Kier alpha value is -3.56. The van der Waals surface area contributed by atoms with Crippen LogP contribution < -0.4 is 5.32 Å². The molecule has 1 amide bonds. The van der Waals surface area contributed by atoms with Gasteiger partial charge in [0.1, 0.15) is 18.4 Å². The summed E-state index contributed by atoms with van der Waals surface area (Å²) in [5.74, 6) is 0.136. The van der Waals surface area contributed by atoms with Crippen molar-refractivity contribution < 1.29 is 18.7 Å². The molecule has 1 atom stereocenters. The molecule has 0 saturated heterocycles. The topological polar surface area (TPSA) is 84.1 Å². The summed E-state index contributed by atoms with van der Waals surface area (Å²) in [5, 5.41) is 7.54. The van der Waals surface area contributed by atoms with Crippen LogP contribution in [0, 0.1) is 0 Å². The van der Waals surface area contributed by atoms with E-state index in [0.717, 1.165) is 21.3 Å². The Labute approximate surface area is 211 Å². The van der Waals surface area contributed by atoms with Crippen LogP contribution in [0.1, 0.15) is 35.6 Å². The molecule has 1 N–H and O–H groups in total. The van der Waals surface area contributed by atoms with Gasteiger partial charge in [-0.25, -0.2) is 9.79 Å². The molecule has 3 aromatic rings. The van der Waals surface area contributed by atoms with Crippen LogP contribution in [0.15, 0.2) is 98.0 Å². The molecule has 7 nitrogen and oxygen atoms in total. The molecule has 0 radical (unpaired) electrons. The standard InChI is InChI=1S/C26H23N3O4S2/c1-17-23(25(31)33-15-18-7-3-2-4-8-18)24(21-10-6-12-34-21)29-19(16-35-26(29)28-17)13-22(30)27-14-20-9-5-11-32-20/h2-12,16,24H,13-15H2,1H3,(H,27,30). The second-order valence-corrected chi connectivity index (χ2v) is 9.82. The summed E-state index contributed by atoms with van der Waals surface area (Å²) >= 11 is 3.01. The second-order valence-electron chi connectivity index (χ2n) is 8.00. The van der Waals surface area contributed by atoms with Gasteiger partial charge >= 0.3 is 5.97 Å². The molecule has 2 aliphatic heterocycles. The number of carbonyl (C=O) groups excluding carboxylic acids is 2. The fourth-order valence-electron chi connectivity index (χ4n) is 3.97. The van der Waals surface area contributed by atoms with Crippen molar-refractivity contribution in [1.29, 1.82) is 0 Å². The number of hydrogen-bond donors (Lipinski definition) is 1. The highest BCUT2D eigenvalue weighted by atomic mass is 32.2. The molecule has 0 aliphatic carbocycles. The molecular weight excluding hydrogens is 482 g/mol. The number of thiophene rings is 1. The van der Waals surface area contributed by atoms with Crippen molar-refractivity contribution in [1.82, 2.24) is 10.2 Å². The van der Waals surface area contributed by atoms with Crippen molar-refractivity contribution in [3.05, 3.63) is 105 Å². The highest BCUT2D eigenvalue weighted by molar-refractivity contribution is 8.16. The highest BCUT2D eigenvalue weighted by Gasteiger charge is 2.41. The molecule has 5 rings (SSSR count). The molecule has 35 heavy (non-hydrogen) atoms. The predicted molar refractivity (Wildman–Crippen MR) is 136 cm³/mol. The summed E-state index contributed by atoms with van der Waals surface area (Å²) in [7, 11) is 0. The van der Waals surface area contributed by atoms with Crippen LogP contribution in [0.4, 0.5) is 0 Å². The monoisotopic (exact) mass is 505 g/mol. The molecule has 0 saturated carbocycles. The van der Waals surface area contributed by atoms with Gasteiger partial charge < -0.3 is 19.4 Å². The number of hydrogen-bond acceptors (Lipinski definition) is 8. The van der Waals surface area contributed by atoms with E-state index in [9.17, 15) is 9.59 Å². The van der Waals surface area contributed by atoms with E-state index in [-0.39, 0.29) is 18.9 Å². The largest absolute Gasteiger partial charge is 0.467 e. The van der Waals surface area contributed by atoms with Crippen LogP contribution in [-0.4, -0.2) is 21.9 Å². The third-order valence-electron chi connectivity index (χ3n) is 5.63. The van der Waals surface area contributed by atoms with Crippen molar-refractivity contribution in [3.8, 4) is 0 Å². The number of rotatable bonds is 8. The van der Waals surface area contributed by atoms with Crippen molar-refractivity contribution in [2.75, 3.05) is 0 Å². The van der Waals surface area contributed by atoms with E-state index in [4.69, 9.17) is 14.1 Å². The number of nitrogens with one attached hydrogen (secondary N) is 1. The molecule has 1 aromatic carbocycles. The zero-order valence-electron chi connectivity index (χ0n) is 19.0. The Balaban J connectivity index is 1.37. The SMILES string of the molecule is CC1=C(C(=O)OCc2ccccc2)C(c2cccs2)N2C(CC(=O)NCc3ccco3)=CSC2=N1. The first-order chi connectivity index (χ1) is 17.1. The van der Waals surface area contributed by atoms with Crippen LogP contribution in [-0.2, 0) is 27.5 Å². The van der Waals surface area contributed by atoms with Gasteiger partial charge in [0.05, 0.1) is 30.5 Å². The highest BCUT2D eigenvalue weighted by Crippen LogP contribution is 2.45. The fourth-order valence-corrected chi connectivity index (χ4v) is 5.76. The number of aliphatic imine (C=N–C) groups is 1. The maximum atomic E-state index is 13.4. The number of allylic oxidation sites excluding steroid dienone is 1. The number of esters is 1. The minimum absolute atomic E-state index is 0.140. The Morgan fingerprint density at radius 2 is 2.00 bits per heavy atom. The molecule has 1 unspecified atom stereocenters. The van der Waals surface area contributed by atoms with Gasteiger partial charge in [0.25, 0.3) is 0 Å². The Morgan fingerprint density at radius 1 is 1.14 bits per heavy atom. The first kappa shape index (κ1) is 23.2. The number of fused-ring (bicyclic) bond motifs is 1. The predicted octanol–water partition coefficient (Wildman–Crippen LogP) is 5.37. The third kappa shape index (κ3) is 5.11. The van der Waals surface area contributed by atoms with Gasteiger partial charge in [0.2, 0.25) is 5.91 Å². The zero-order valence-corrected chi connectivity index (χ0v) is 20.6. The summed E-state index contributed by atoms with van der Waals surface area (Å²) < 4.78 is 11.0. The van der Waals surface area contributed by atoms with E-state index in [1.807, 2.05) is 71.1 Å². The Kier molecular flexibility index (Phi) is 6.87. The number of furan rings is 1. The molecule has 2 aromatic heterocycles. The van der Waals surface area contributed by atoms with Crippen molar-refractivity contribution in [3.63, 3.8) is 0 Å². The van der Waals surface area contributed by atoms with Gasteiger partial charge in [-0.15, -0.1) is 11.3 Å². The van der Waals surface area contributed by atoms with Crippen LogP contribution in [0.5, 0.6) is 0 Å². The molecule has 178 valence electrons. The summed E-state index contributed by atoms with van der Waals surface area (Å²) in [4.78, 5) is 33.7. The second kappa shape index (κ2) is 10.4. The number of thioether (sulfide) groups is 1. The van der Waals surface area contributed by atoms with Gasteiger partial charge in [-0.1, -0.05) is 48.2 Å². The average Bonchev–Trinajstić information content (AvgIpc) is 3.64. The average molecular weight is 506 g/mol. The maximum Gasteiger partial charge on any atom is 0.338 e. The molecule has 0 spiro atoms. The van der Waals surface area contributed by atoms with E-state index in [0.29, 0.717) is 23.6 Å². The number of amides is 1. The first-order valence-corrected chi connectivity index (χ1v) is 12.8. The molecule has 4 heterocycles. The van der Waals surface area contributed by atoms with E-state index in [1.54, 1.807) is 23.7 Å². The summed E-state index contributed by atoms with van der Waals surface area (Å²) in [6, 6.07) is 16.7. The summed E-state index contributed by atoms with van der Waals surface area (Å²) in [6.07, 6.45) is 1.73. The quantitative estimate of drug-likeness (QED) is 0.415. The lowest BCUT2D eigenvalue weighted by molar-refractivity contribution is -0.141. The van der Waals surface area contributed by atoms with Crippen LogP contribution >= 0.6 is 23.1 Å². The van der Waals surface area contributed by atoms with Crippen LogP contribution in [0.3, 0.4) is 0 Å². The molecule has 0 fully saturated rings.